The van der Waals surface area contributed by atoms with E-state index in [0.29, 0.717) is 27.4 Å². The number of hydrogen-bond acceptors (Lipinski definition) is 5. The minimum absolute atomic E-state index is 0.349. The van der Waals surface area contributed by atoms with Gasteiger partial charge < -0.3 is 10.1 Å². The van der Waals surface area contributed by atoms with Gasteiger partial charge in [-0.05, 0) is 48.2 Å². The van der Waals surface area contributed by atoms with Crippen LogP contribution in [0.25, 0.3) is 5.70 Å². The van der Waals surface area contributed by atoms with Crippen molar-refractivity contribution in [1.82, 2.24) is 14.8 Å². The molecule has 2 aliphatic heterocycles. The predicted molar refractivity (Wildman–Crippen MR) is 128 cm³/mol. The molecule has 2 atom stereocenters. The molecule has 6 rings (SSSR count). The summed E-state index contributed by atoms with van der Waals surface area (Å²) < 4.78 is 37.1. The van der Waals surface area contributed by atoms with E-state index < -0.39 is 12.1 Å². The molecule has 34 heavy (non-hydrogen) atoms. The Morgan fingerprint density at radius 2 is 1.85 bits per heavy atom. The third-order valence-corrected chi connectivity index (χ3v) is 6.74. The number of thioether (sulfide) groups is 1. The van der Waals surface area contributed by atoms with Crippen LogP contribution >= 0.6 is 23.4 Å². The fourth-order valence-electron chi connectivity index (χ4n) is 4.48. The second-order valence-corrected chi connectivity index (χ2v) is 9.15. The van der Waals surface area contributed by atoms with Crippen LogP contribution in [0.3, 0.4) is 0 Å². The van der Waals surface area contributed by atoms with Crippen LogP contribution < -0.4 is 10.1 Å². The second-order valence-electron chi connectivity index (χ2n) is 7.94. The second kappa shape index (κ2) is 8.14. The number of nitrogens with zero attached hydrogens (tertiary/aromatic N) is 3. The molecule has 3 heterocycles. The molecule has 0 spiro atoms. The Balaban J connectivity index is 1.66. The zero-order chi connectivity index (χ0) is 23.4. The van der Waals surface area contributed by atoms with E-state index in [0.717, 1.165) is 22.4 Å². The van der Waals surface area contributed by atoms with Gasteiger partial charge in [-0.1, -0.05) is 53.7 Å². The number of aromatic nitrogens is 3. The van der Waals surface area contributed by atoms with Gasteiger partial charge in [0.2, 0.25) is 11.1 Å². The van der Waals surface area contributed by atoms with E-state index in [2.05, 4.69) is 15.4 Å². The van der Waals surface area contributed by atoms with Gasteiger partial charge in [-0.15, -0.1) is 5.10 Å². The number of anilines is 1. The number of fused-ring (bicyclic) bond motifs is 3. The maximum atomic E-state index is 15.1. The Kier molecular flexibility index (Phi) is 5.08. The number of hydrogen-bond donors (Lipinski definition) is 1. The summed E-state index contributed by atoms with van der Waals surface area (Å²) in [7, 11) is 0. The number of ether oxygens (including phenoxy) is 1. The van der Waals surface area contributed by atoms with Gasteiger partial charge >= 0.3 is 0 Å². The van der Waals surface area contributed by atoms with E-state index >= 15 is 4.39 Å². The highest BCUT2D eigenvalue weighted by Gasteiger charge is 2.42. The van der Waals surface area contributed by atoms with Crippen molar-refractivity contribution < 1.29 is 13.5 Å². The molecule has 0 aliphatic carbocycles. The summed E-state index contributed by atoms with van der Waals surface area (Å²) in [6.07, 6.45) is 1.13. The Labute approximate surface area is 203 Å². The Morgan fingerprint density at radius 1 is 1.06 bits per heavy atom. The van der Waals surface area contributed by atoms with Gasteiger partial charge in [0.15, 0.2) is 6.10 Å². The van der Waals surface area contributed by atoms with Crippen LogP contribution in [-0.4, -0.2) is 21.0 Å². The fraction of sp³-hybridized carbons (Fsp3) is 0.120. The Morgan fingerprint density at radius 3 is 2.62 bits per heavy atom. The van der Waals surface area contributed by atoms with Crippen LogP contribution in [-0.2, 0) is 0 Å². The summed E-state index contributed by atoms with van der Waals surface area (Å²) in [6, 6.07) is 17.5. The minimum atomic E-state index is -0.762. The molecule has 5 nitrogen and oxygen atoms in total. The SMILES string of the molecule is CSc1nc2n(n1)C(c1ccc(F)cc1)C1=C(N2)c2cc(Cl)ccc2OC1c1ccccc1F. The normalized spacial score (nSPS) is 18.5. The number of halogens is 3. The number of nitrogens with one attached hydrogen (secondary N) is 1. The molecule has 0 radical (unpaired) electrons. The first kappa shape index (κ1) is 21.2. The number of rotatable bonds is 3. The lowest BCUT2D eigenvalue weighted by Crippen LogP contribution is -2.32. The van der Waals surface area contributed by atoms with E-state index in [1.165, 1.54) is 30.0 Å². The minimum Gasteiger partial charge on any atom is -0.480 e. The number of benzene rings is 3. The maximum Gasteiger partial charge on any atom is 0.227 e. The molecule has 2 aliphatic rings. The topological polar surface area (TPSA) is 52.0 Å². The molecule has 1 aromatic heterocycles. The summed E-state index contributed by atoms with van der Waals surface area (Å²) in [5.74, 6) is 0.360. The standard InChI is InChI=1S/C25H17ClF2N4OS/c1-34-25-30-24-29-21-17-12-14(26)8-11-19(17)33-23(16-4-2-3-5-18(16)28)20(21)22(32(24)31-25)13-6-9-15(27)10-7-13/h2-12,22-23H,1H3,(H,29,30,31). The van der Waals surface area contributed by atoms with Crippen molar-refractivity contribution in [2.75, 3.05) is 11.6 Å². The predicted octanol–water partition coefficient (Wildman–Crippen LogP) is 6.49. The first-order valence-corrected chi connectivity index (χ1v) is 12.1. The van der Waals surface area contributed by atoms with Gasteiger partial charge in [-0.2, -0.15) is 4.98 Å². The van der Waals surface area contributed by atoms with Crippen molar-refractivity contribution in [1.29, 1.82) is 0 Å². The van der Waals surface area contributed by atoms with E-state index in [4.69, 9.17) is 16.3 Å². The third kappa shape index (κ3) is 3.36. The van der Waals surface area contributed by atoms with Gasteiger partial charge in [-0.3, -0.25) is 0 Å². The molecule has 0 saturated heterocycles. The van der Waals surface area contributed by atoms with Gasteiger partial charge in [0.05, 0.1) is 5.70 Å². The van der Waals surface area contributed by atoms with Crippen LogP contribution in [0.2, 0.25) is 5.02 Å². The molecule has 0 amide bonds. The Bertz CT molecular complexity index is 1450. The van der Waals surface area contributed by atoms with Crippen molar-refractivity contribution in [3.63, 3.8) is 0 Å². The van der Waals surface area contributed by atoms with Crippen LogP contribution in [0.15, 0.2) is 77.5 Å². The summed E-state index contributed by atoms with van der Waals surface area (Å²) in [6.45, 7) is 0. The first-order chi connectivity index (χ1) is 16.5. The quantitative estimate of drug-likeness (QED) is 0.330. The average Bonchev–Trinajstić information content (AvgIpc) is 3.26. The first-order valence-electron chi connectivity index (χ1n) is 10.5. The van der Waals surface area contributed by atoms with Crippen molar-refractivity contribution in [3.05, 3.63) is 106 Å². The zero-order valence-corrected chi connectivity index (χ0v) is 19.4. The van der Waals surface area contributed by atoms with Gasteiger partial charge in [0.25, 0.3) is 0 Å². The molecule has 2 unspecified atom stereocenters. The van der Waals surface area contributed by atoms with Gasteiger partial charge in [-0.25, -0.2) is 13.5 Å². The summed E-state index contributed by atoms with van der Waals surface area (Å²) in [5, 5.41) is 9.17. The molecule has 1 N–H and O–H groups in total. The summed E-state index contributed by atoms with van der Waals surface area (Å²) in [4.78, 5) is 4.61. The third-order valence-electron chi connectivity index (χ3n) is 5.97. The highest BCUT2D eigenvalue weighted by atomic mass is 35.5. The van der Waals surface area contributed by atoms with Crippen molar-refractivity contribution in [3.8, 4) is 5.75 Å². The zero-order valence-electron chi connectivity index (χ0n) is 17.8. The van der Waals surface area contributed by atoms with Gasteiger partial charge in [0.1, 0.15) is 23.4 Å². The van der Waals surface area contributed by atoms with Crippen LogP contribution in [0.4, 0.5) is 14.7 Å². The lowest BCUT2D eigenvalue weighted by atomic mass is 9.84. The molecule has 9 heteroatoms. The Hall–Kier alpha value is -3.36. The smallest absolute Gasteiger partial charge is 0.227 e. The molecule has 0 bridgehead atoms. The average molecular weight is 495 g/mol. The molecule has 170 valence electrons. The monoisotopic (exact) mass is 494 g/mol. The van der Waals surface area contributed by atoms with E-state index in [1.807, 2.05) is 6.26 Å². The summed E-state index contributed by atoms with van der Waals surface area (Å²) >= 11 is 7.75. The molecular weight excluding hydrogens is 478 g/mol. The maximum absolute atomic E-state index is 15.1. The van der Waals surface area contributed by atoms with E-state index in [9.17, 15) is 4.39 Å². The molecule has 3 aromatic carbocycles. The largest absolute Gasteiger partial charge is 0.480 e. The lowest BCUT2D eigenvalue weighted by Gasteiger charge is -2.39. The highest BCUT2D eigenvalue weighted by molar-refractivity contribution is 7.98. The summed E-state index contributed by atoms with van der Waals surface area (Å²) in [5.41, 5.74) is 3.35. The van der Waals surface area contributed by atoms with Crippen LogP contribution in [0, 0.1) is 11.6 Å². The fourth-order valence-corrected chi connectivity index (χ4v) is 5.00. The highest BCUT2D eigenvalue weighted by Crippen LogP contribution is 2.51. The van der Waals surface area contributed by atoms with Crippen LogP contribution in [0.1, 0.15) is 28.8 Å². The van der Waals surface area contributed by atoms with Crippen LogP contribution in [0.5, 0.6) is 5.75 Å². The van der Waals surface area contributed by atoms with Crippen molar-refractivity contribution in [2.24, 2.45) is 0 Å². The van der Waals surface area contributed by atoms with Gasteiger partial charge in [0, 0.05) is 21.7 Å². The molecule has 4 aromatic rings. The van der Waals surface area contributed by atoms with E-state index in [1.54, 1.807) is 53.2 Å². The molecular formula is C25H17ClF2N4OS. The van der Waals surface area contributed by atoms with E-state index in [-0.39, 0.29) is 11.6 Å². The van der Waals surface area contributed by atoms with Crippen molar-refractivity contribution in [2.45, 2.75) is 17.3 Å². The molecule has 0 saturated carbocycles. The lowest BCUT2D eigenvalue weighted by molar-refractivity contribution is 0.218. The molecule has 0 fully saturated rings. The van der Waals surface area contributed by atoms with Crippen molar-refractivity contribution >= 4 is 35.0 Å².